The van der Waals surface area contributed by atoms with E-state index in [2.05, 4.69) is 38.2 Å². The molecule has 33 heavy (non-hydrogen) atoms. The number of benzene rings is 2. The van der Waals surface area contributed by atoms with Crippen molar-refractivity contribution in [2.45, 2.75) is 51.7 Å². The SMILES string of the molecule is Cc1cccc(CS(=O)(=O)N2CCC(C(=O)NCCOc3ccc(C(C)(C)C)cc3)CC2)c1. The van der Waals surface area contributed by atoms with Crippen molar-refractivity contribution in [1.29, 1.82) is 0 Å². The van der Waals surface area contributed by atoms with Crippen LogP contribution in [-0.2, 0) is 26.0 Å². The van der Waals surface area contributed by atoms with Gasteiger partial charge in [-0.2, -0.15) is 0 Å². The number of nitrogens with one attached hydrogen (secondary N) is 1. The van der Waals surface area contributed by atoms with E-state index in [9.17, 15) is 13.2 Å². The molecule has 1 aliphatic heterocycles. The van der Waals surface area contributed by atoms with Gasteiger partial charge in [-0.3, -0.25) is 4.79 Å². The van der Waals surface area contributed by atoms with Crippen LogP contribution in [0.15, 0.2) is 48.5 Å². The Morgan fingerprint density at radius 3 is 2.36 bits per heavy atom. The van der Waals surface area contributed by atoms with E-state index in [1.807, 2.05) is 43.3 Å². The molecule has 2 aromatic rings. The third-order valence-corrected chi connectivity index (χ3v) is 7.89. The maximum Gasteiger partial charge on any atom is 0.223 e. The zero-order chi connectivity index (χ0) is 24.1. The summed E-state index contributed by atoms with van der Waals surface area (Å²) >= 11 is 0. The summed E-state index contributed by atoms with van der Waals surface area (Å²) in [6, 6.07) is 15.6. The van der Waals surface area contributed by atoms with Crippen LogP contribution in [0, 0.1) is 12.8 Å². The maximum atomic E-state index is 12.8. The second-order valence-corrected chi connectivity index (χ2v) is 11.8. The fraction of sp³-hybridized carbons (Fsp3) is 0.500. The summed E-state index contributed by atoms with van der Waals surface area (Å²) < 4.78 is 32.8. The highest BCUT2D eigenvalue weighted by Crippen LogP contribution is 2.24. The molecule has 1 aliphatic rings. The van der Waals surface area contributed by atoms with Gasteiger partial charge >= 0.3 is 0 Å². The Bertz CT molecular complexity index is 1030. The van der Waals surface area contributed by atoms with E-state index in [1.54, 1.807) is 0 Å². The van der Waals surface area contributed by atoms with Crippen molar-refractivity contribution >= 4 is 15.9 Å². The van der Waals surface area contributed by atoms with Crippen LogP contribution in [0.5, 0.6) is 5.75 Å². The Morgan fingerprint density at radius 2 is 1.76 bits per heavy atom. The Hall–Kier alpha value is -2.38. The topological polar surface area (TPSA) is 75.7 Å². The van der Waals surface area contributed by atoms with E-state index in [4.69, 9.17) is 4.74 Å². The highest BCUT2D eigenvalue weighted by atomic mass is 32.2. The molecule has 0 aromatic heterocycles. The zero-order valence-corrected chi connectivity index (χ0v) is 21.0. The number of amides is 1. The summed E-state index contributed by atoms with van der Waals surface area (Å²) in [4.78, 5) is 12.5. The lowest BCUT2D eigenvalue weighted by Crippen LogP contribution is -2.43. The van der Waals surface area contributed by atoms with Gasteiger partial charge in [-0.15, -0.1) is 0 Å². The quantitative estimate of drug-likeness (QED) is 0.589. The number of carbonyl (C=O) groups is 1. The molecule has 0 unspecified atom stereocenters. The fourth-order valence-corrected chi connectivity index (χ4v) is 5.59. The van der Waals surface area contributed by atoms with E-state index >= 15 is 0 Å². The lowest BCUT2D eigenvalue weighted by atomic mass is 9.87. The predicted molar refractivity (Wildman–Crippen MR) is 132 cm³/mol. The molecule has 0 atom stereocenters. The monoisotopic (exact) mass is 472 g/mol. The van der Waals surface area contributed by atoms with Crippen molar-refractivity contribution in [3.8, 4) is 5.75 Å². The van der Waals surface area contributed by atoms with E-state index in [1.165, 1.54) is 9.87 Å². The highest BCUT2D eigenvalue weighted by molar-refractivity contribution is 7.88. The van der Waals surface area contributed by atoms with Crippen LogP contribution in [0.1, 0.15) is 50.3 Å². The third kappa shape index (κ3) is 7.30. The molecule has 0 saturated carbocycles. The van der Waals surface area contributed by atoms with Gasteiger partial charge in [-0.25, -0.2) is 12.7 Å². The smallest absolute Gasteiger partial charge is 0.223 e. The van der Waals surface area contributed by atoms with Gasteiger partial charge in [-0.1, -0.05) is 62.7 Å². The molecule has 1 amide bonds. The average molecular weight is 473 g/mol. The van der Waals surface area contributed by atoms with E-state index in [0.29, 0.717) is 39.1 Å². The van der Waals surface area contributed by atoms with E-state index in [0.717, 1.165) is 16.9 Å². The minimum atomic E-state index is -3.38. The van der Waals surface area contributed by atoms with E-state index in [-0.39, 0.29) is 23.0 Å². The largest absolute Gasteiger partial charge is 0.492 e. The van der Waals surface area contributed by atoms with Crippen LogP contribution in [0.25, 0.3) is 0 Å². The number of nitrogens with zero attached hydrogens (tertiary/aromatic N) is 1. The molecule has 1 heterocycles. The van der Waals surface area contributed by atoms with Gasteiger partial charge in [0.05, 0.1) is 12.3 Å². The molecule has 1 N–H and O–H groups in total. The summed E-state index contributed by atoms with van der Waals surface area (Å²) in [5.41, 5.74) is 3.18. The maximum absolute atomic E-state index is 12.8. The number of aryl methyl sites for hydroxylation is 1. The molecular weight excluding hydrogens is 436 g/mol. The molecule has 0 aliphatic carbocycles. The number of ether oxygens (including phenoxy) is 1. The Labute approximate surface area is 198 Å². The normalized spacial score (nSPS) is 15.9. The number of hydrogen-bond acceptors (Lipinski definition) is 4. The molecule has 0 radical (unpaired) electrons. The van der Waals surface area contributed by atoms with Gasteiger partial charge in [-0.05, 0) is 48.4 Å². The summed E-state index contributed by atoms with van der Waals surface area (Å²) in [5.74, 6) is 0.586. The van der Waals surface area contributed by atoms with Crippen molar-refractivity contribution in [3.63, 3.8) is 0 Å². The van der Waals surface area contributed by atoms with Crippen LogP contribution in [0.2, 0.25) is 0 Å². The molecule has 7 heteroatoms. The van der Waals surface area contributed by atoms with Crippen molar-refractivity contribution in [2.24, 2.45) is 5.92 Å². The lowest BCUT2D eigenvalue weighted by molar-refractivity contribution is -0.126. The van der Waals surface area contributed by atoms with Gasteiger partial charge in [0.15, 0.2) is 0 Å². The zero-order valence-electron chi connectivity index (χ0n) is 20.1. The molecule has 3 rings (SSSR count). The fourth-order valence-electron chi connectivity index (χ4n) is 4.04. The van der Waals surface area contributed by atoms with Crippen LogP contribution in [0.3, 0.4) is 0 Å². The van der Waals surface area contributed by atoms with Crippen LogP contribution in [-0.4, -0.2) is 44.9 Å². The molecule has 6 nitrogen and oxygen atoms in total. The number of rotatable bonds is 8. The van der Waals surface area contributed by atoms with Crippen LogP contribution in [0.4, 0.5) is 0 Å². The van der Waals surface area contributed by atoms with Crippen molar-refractivity contribution in [2.75, 3.05) is 26.2 Å². The second kappa shape index (κ2) is 10.7. The van der Waals surface area contributed by atoms with Crippen LogP contribution < -0.4 is 10.1 Å². The average Bonchev–Trinajstić information content (AvgIpc) is 2.76. The first-order chi connectivity index (χ1) is 15.5. The van der Waals surface area contributed by atoms with Crippen molar-refractivity contribution in [1.82, 2.24) is 9.62 Å². The summed E-state index contributed by atoms with van der Waals surface area (Å²) in [6.45, 7) is 10.0. The van der Waals surface area contributed by atoms with Crippen molar-refractivity contribution < 1.29 is 17.9 Å². The van der Waals surface area contributed by atoms with Gasteiger partial charge in [0.1, 0.15) is 12.4 Å². The summed E-state index contributed by atoms with van der Waals surface area (Å²) in [7, 11) is -3.38. The summed E-state index contributed by atoms with van der Waals surface area (Å²) in [5, 5.41) is 2.93. The van der Waals surface area contributed by atoms with Crippen molar-refractivity contribution in [3.05, 3.63) is 65.2 Å². The van der Waals surface area contributed by atoms with Gasteiger partial charge in [0.25, 0.3) is 0 Å². The number of hydrogen-bond donors (Lipinski definition) is 1. The molecule has 0 spiro atoms. The van der Waals surface area contributed by atoms with Gasteiger partial charge < -0.3 is 10.1 Å². The predicted octanol–water partition coefficient (Wildman–Crippen LogP) is 4.03. The number of sulfonamides is 1. The lowest BCUT2D eigenvalue weighted by Gasteiger charge is -2.30. The first-order valence-electron chi connectivity index (χ1n) is 11.6. The van der Waals surface area contributed by atoms with Gasteiger partial charge in [0.2, 0.25) is 15.9 Å². The molecule has 0 bridgehead atoms. The number of carbonyl (C=O) groups excluding carboxylic acids is 1. The number of piperidine rings is 1. The third-order valence-electron chi connectivity index (χ3n) is 6.04. The Kier molecular flexibility index (Phi) is 8.19. The first kappa shape index (κ1) is 25.2. The highest BCUT2D eigenvalue weighted by Gasteiger charge is 2.31. The first-order valence-corrected chi connectivity index (χ1v) is 13.2. The molecule has 1 fully saturated rings. The molecular formula is C26H36N2O4S. The molecule has 2 aromatic carbocycles. The molecule has 180 valence electrons. The second-order valence-electron chi connectivity index (χ2n) is 9.83. The summed E-state index contributed by atoms with van der Waals surface area (Å²) in [6.07, 6.45) is 1.07. The Balaban J connectivity index is 1.39. The Morgan fingerprint density at radius 1 is 1.09 bits per heavy atom. The standard InChI is InChI=1S/C26H36N2O4S/c1-20-6-5-7-21(18-20)19-33(30,31)28-15-12-22(13-16-28)25(29)27-14-17-32-24-10-8-23(9-11-24)26(2,3)4/h5-11,18,22H,12-17,19H2,1-4H3,(H,27,29). The minimum Gasteiger partial charge on any atom is -0.492 e. The van der Waals surface area contributed by atoms with Gasteiger partial charge in [0, 0.05) is 19.0 Å². The molecule has 1 saturated heterocycles. The minimum absolute atomic E-state index is 0.000383. The van der Waals surface area contributed by atoms with E-state index < -0.39 is 10.0 Å². The van der Waals surface area contributed by atoms with Crippen LogP contribution >= 0.6 is 0 Å².